The number of aryl methyl sites for hydroxylation is 1. The highest BCUT2D eigenvalue weighted by atomic mass is 32.1. The van der Waals surface area contributed by atoms with E-state index in [1.807, 2.05) is 0 Å². The maximum atomic E-state index is 13.3. The lowest BCUT2D eigenvalue weighted by Gasteiger charge is -2.18. The molecule has 0 spiro atoms. The molecule has 0 N–H and O–H groups in total. The molecule has 9 heteroatoms. The van der Waals surface area contributed by atoms with Crippen LogP contribution in [0.15, 0.2) is 35.4 Å². The highest BCUT2D eigenvalue weighted by molar-refractivity contribution is 7.20. The minimum atomic E-state index is -0.496. The van der Waals surface area contributed by atoms with E-state index < -0.39 is 11.5 Å². The number of hydrogen-bond donors (Lipinski definition) is 0. The van der Waals surface area contributed by atoms with Gasteiger partial charge in [0.1, 0.15) is 22.1 Å². The van der Waals surface area contributed by atoms with E-state index >= 15 is 0 Å². The first-order chi connectivity index (χ1) is 13.8. The Kier molecular flexibility index (Phi) is 6.07. The predicted octanol–water partition coefficient (Wildman–Crippen LogP) is 2.74. The van der Waals surface area contributed by atoms with Crippen LogP contribution in [0.4, 0.5) is 4.39 Å². The van der Waals surface area contributed by atoms with Gasteiger partial charge in [-0.15, -0.1) is 11.3 Å². The lowest BCUT2D eigenvalue weighted by atomic mass is 10.2. The number of hydrogen-bond acceptors (Lipinski definition) is 6. The Morgan fingerprint density at radius 2 is 2.10 bits per heavy atom. The number of nitrogens with zero attached hydrogens (tertiary/aromatic N) is 3. The lowest BCUT2D eigenvalue weighted by molar-refractivity contribution is -0.131. The number of rotatable bonds is 6. The summed E-state index contributed by atoms with van der Waals surface area (Å²) in [7, 11) is 1.58. The van der Waals surface area contributed by atoms with Crippen LogP contribution in [0.25, 0.3) is 10.2 Å². The first-order valence-electron chi connectivity index (χ1n) is 8.95. The summed E-state index contributed by atoms with van der Waals surface area (Å²) in [5.41, 5.74) is 0.747. The molecule has 0 fully saturated rings. The van der Waals surface area contributed by atoms with E-state index in [-0.39, 0.29) is 31.4 Å². The number of aromatic nitrogens is 2. The van der Waals surface area contributed by atoms with E-state index in [2.05, 4.69) is 4.98 Å². The fourth-order valence-corrected chi connectivity index (χ4v) is 3.96. The van der Waals surface area contributed by atoms with Crippen molar-refractivity contribution < 1.29 is 18.7 Å². The summed E-state index contributed by atoms with van der Waals surface area (Å²) in [5, 5.41) is 0.307. The van der Waals surface area contributed by atoms with Crippen molar-refractivity contribution in [2.45, 2.75) is 26.9 Å². The molecular weight excluding hydrogens is 397 g/mol. The molecule has 7 nitrogen and oxygen atoms in total. The number of carbonyl (C=O) groups excluding carboxylic acids is 2. The molecule has 3 rings (SSSR count). The van der Waals surface area contributed by atoms with Crippen LogP contribution in [0.5, 0.6) is 0 Å². The summed E-state index contributed by atoms with van der Waals surface area (Å²) < 4.78 is 19.5. The van der Waals surface area contributed by atoms with Crippen LogP contribution >= 0.6 is 11.3 Å². The molecular formula is C20H20FN3O4S. The van der Waals surface area contributed by atoms with Gasteiger partial charge in [-0.05, 0) is 37.1 Å². The second-order valence-corrected chi connectivity index (χ2v) is 7.51. The molecule has 0 unspecified atom stereocenters. The number of benzene rings is 1. The highest BCUT2D eigenvalue weighted by Crippen LogP contribution is 2.27. The van der Waals surface area contributed by atoms with Gasteiger partial charge in [0.25, 0.3) is 5.56 Å². The fraction of sp³-hybridized carbons (Fsp3) is 0.300. The smallest absolute Gasteiger partial charge is 0.348 e. The monoisotopic (exact) mass is 417 g/mol. The summed E-state index contributed by atoms with van der Waals surface area (Å²) in [6.07, 6.45) is 1.30. The number of thiophene rings is 1. The van der Waals surface area contributed by atoms with Gasteiger partial charge >= 0.3 is 5.97 Å². The summed E-state index contributed by atoms with van der Waals surface area (Å²) in [6, 6.07) is 5.98. The van der Waals surface area contributed by atoms with Gasteiger partial charge in [0.15, 0.2) is 0 Å². The third kappa shape index (κ3) is 4.34. The second kappa shape index (κ2) is 8.52. The molecule has 152 valence electrons. The van der Waals surface area contributed by atoms with Crippen LogP contribution in [-0.4, -0.2) is 40.0 Å². The quantitative estimate of drug-likeness (QED) is 0.576. The van der Waals surface area contributed by atoms with Gasteiger partial charge < -0.3 is 9.64 Å². The van der Waals surface area contributed by atoms with Crippen molar-refractivity contribution in [1.82, 2.24) is 14.5 Å². The number of amides is 1. The van der Waals surface area contributed by atoms with Gasteiger partial charge in [0, 0.05) is 13.6 Å². The Hall–Kier alpha value is -3.07. The van der Waals surface area contributed by atoms with Crippen LogP contribution < -0.4 is 5.56 Å². The number of halogens is 1. The van der Waals surface area contributed by atoms with E-state index in [4.69, 9.17) is 4.74 Å². The van der Waals surface area contributed by atoms with Crippen LogP contribution in [0.1, 0.15) is 27.7 Å². The summed E-state index contributed by atoms with van der Waals surface area (Å²) >= 11 is 1.09. The van der Waals surface area contributed by atoms with E-state index in [0.29, 0.717) is 26.2 Å². The SMILES string of the molecule is CCOC(=O)c1sc2ncn(CC(=O)N(C)Cc3cccc(F)c3)c(=O)c2c1C. The molecule has 0 saturated carbocycles. The Morgan fingerprint density at radius 3 is 2.79 bits per heavy atom. The minimum absolute atomic E-state index is 0.211. The second-order valence-electron chi connectivity index (χ2n) is 6.51. The molecule has 1 aromatic carbocycles. The molecule has 2 aromatic heterocycles. The molecule has 0 saturated heterocycles. The topological polar surface area (TPSA) is 81.5 Å². The third-order valence-corrected chi connectivity index (χ3v) is 5.60. The van der Waals surface area contributed by atoms with Crippen molar-refractivity contribution in [3.8, 4) is 0 Å². The number of esters is 1. The minimum Gasteiger partial charge on any atom is -0.462 e. The third-order valence-electron chi connectivity index (χ3n) is 4.42. The molecule has 0 aliphatic rings. The maximum absolute atomic E-state index is 13.3. The van der Waals surface area contributed by atoms with E-state index in [0.717, 1.165) is 11.3 Å². The van der Waals surface area contributed by atoms with Crippen molar-refractivity contribution in [2.24, 2.45) is 0 Å². The van der Waals surface area contributed by atoms with E-state index in [1.165, 1.54) is 27.9 Å². The average Bonchev–Trinajstić information content (AvgIpc) is 3.01. The Balaban J connectivity index is 1.83. The average molecular weight is 417 g/mol. The molecule has 0 aliphatic heterocycles. The van der Waals surface area contributed by atoms with Crippen LogP contribution in [0.2, 0.25) is 0 Å². The fourth-order valence-electron chi connectivity index (χ4n) is 2.93. The molecule has 0 bridgehead atoms. The van der Waals surface area contributed by atoms with Crippen molar-refractivity contribution in [3.63, 3.8) is 0 Å². The summed E-state index contributed by atoms with van der Waals surface area (Å²) in [5.74, 6) is -1.19. The van der Waals surface area contributed by atoms with Gasteiger partial charge in [0.2, 0.25) is 5.91 Å². The van der Waals surface area contributed by atoms with Gasteiger partial charge in [-0.25, -0.2) is 14.2 Å². The van der Waals surface area contributed by atoms with Gasteiger partial charge in [-0.2, -0.15) is 0 Å². The van der Waals surface area contributed by atoms with Gasteiger partial charge in [-0.3, -0.25) is 14.2 Å². The molecule has 29 heavy (non-hydrogen) atoms. The van der Waals surface area contributed by atoms with Crippen molar-refractivity contribution >= 4 is 33.4 Å². The number of fused-ring (bicyclic) bond motifs is 1. The van der Waals surface area contributed by atoms with Crippen molar-refractivity contribution in [2.75, 3.05) is 13.7 Å². The Morgan fingerprint density at radius 1 is 1.34 bits per heavy atom. The Bertz CT molecular complexity index is 1140. The molecule has 1 amide bonds. The number of likely N-dealkylation sites (N-methyl/N-ethyl adjacent to an activating group) is 1. The van der Waals surface area contributed by atoms with Crippen molar-refractivity contribution in [1.29, 1.82) is 0 Å². The first-order valence-corrected chi connectivity index (χ1v) is 9.77. The summed E-state index contributed by atoms with van der Waals surface area (Å²) in [6.45, 7) is 3.60. The molecule has 0 aliphatic carbocycles. The van der Waals surface area contributed by atoms with Crippen molar-refractivity contribution in [3.05, 3.63) is 62.8 Å². The maximum Gasteiger partial charge on any atom is 0.348 e. The van der Waals surface area contributed by atoms with E-state index in [9.17, 15) is 18.8 Å². The first kappa shape index (κ1) is 20.7. The lowest BCUT2D eigenvalue weighted by Crippen LogP contribution is -2.33. The molecule has 0 radical (unpaired) electrons. The zero-order valence-corrected chi connectivity index (χ0v) is 17.1. The highest BCUT2D eigenvalue weighted by Gasteiger charge is 2.21. The zero-order chi connectivity index (χ0) is 21.1. The largest absolute Gasteiger partial charge is 0.462 e. The van der Waals surface area contributed by atoms with Crippen LogP contribution in [0, 0.1) is 12.7 Å². The van der Waals surface area contributed by atoms with Gasteiger partial charge in [0.05, 0.1) is 18.3 Å². The standard InChI is InChI=1S/C20H20FN3O4S/c1-4-28-20(27)17-12(2)16-18(29-17)22-11-24(19(16)26)10-15(25)23(3)9-13-6-5-7-14(21)8-13/h5-8,11H,4,9-10H2,1-3H3. The number of ether oxygens (including phenoxy) is 1. The van der Waals surface area contributed by atoms with Crippen LogP contribution in [0.3, 0.4) is 0 Å². The molecule has 3 aromatic rings. The summed E-state index contributed by atoms with van der Waals surface area (Å²) in [4.78, 5) is 43.9. The van der Waals surface area contributed by atoms with Crippen LogP contribution in [-0.2, 0) is 22.6 Å². The normalized spacial score (nSPS) is 10.9. The predicted molar refractivity (Wildman–Crippen MR) is 107 cm³/mol. The van der Waals surface area contributed by atoms with E-state index in [1.54, 1.807) is 33.0 Å². The zero-order valence-electron chi connectivity index (χ0n) is 16.3. The van der Waals surface area contributed by atoms with Gasteiger partial charge in [-0.1, -0.05) is 12.1 Å². The molecule has 2 heterocycles. The number of carbonyl (C=O) groups is 2. The molecule has 0 atom stereocenters. The Labute approximate surface area is 170 Å².